The van der Waals surface area contributed by atoms with E-state index in [0.717, 1.165) is 47.2 Å². The lowest BCUT2D eigenvalue weighted by molar-refractivity contribution is 0.444. The normalized spacial score (nSPS) is 17.0. The van der Waals surface area contributed by atoms with Gasteiger partial charge in [-0.25, -0.2) is 9.97 Å². The molecule has 0 radical (unpaired) electrons. The van der Waals surface area contributed by atoms with E-state index in [4.69, 9.17) is 11.3 Å². The number of benzene rings is 3. The van der Waals surface area contributed by atoms with E-state index in [9.17, 15) is 0 Å². The van der Waals surface area contributed by atoms with Crippen LogP contribution in [0.1, 0.15) is 44.9 Å². The van der Waals surface area contributed by atoms with Gasteiger partial charge in [0.15, 0.2) is 0 Å². The summed E-state index contributed by atoms with van der Waals surface area (Å²) in [6.07, 6.45) is 7.22. The van der Waals surface area contributed by atoms with Crippen LogP contribution >= 0.6 is 11.3 Å². The highest BCUT2D eigenvalue weighted by Gasteiger charge is 2.22. The van der Waals surface area contributed by atoms with Crippen molar-refractivity contribution in [2.75, 3.05) is 0 Å². The molecule has 2 nitrogen and oxygen atoms in total. The third-order valence-corrected chi connectivity index (χ3v) is 10.2. The summed E-state index contributed by atoms with van der Waals surface area (Å²) >= 11 is 1.78. The van der Waals surface area contributed by atoms with E-state index in [1.807, 2.05) is 0 Å². The van der Waals surface area contributed by atoms with Crippen molar-refractivity contribution in [3.63, 3.8) is 0 Å². The van der Waals surface area contributed by atoms with Gasteiger partial charge in [-0.1, -0.05) is 86.6 Å². The Kier molecular flexibility index (Phi) is 4.84. The summed E-state index contributed by atoms with van der Waals surface area (Å²) in [5.74, 6) is -0.443. The van der Waals surface area contributed by atoms with Gasteiger partial charge < -0.3 is 0 Å². The van der Waals surface area contributed by atoms with E-state index in [1.165, 1.54) is 38.0 Å². The van der Waals surface area contributed by atoms with Crippen molar-refractivity contribution in [1.82, 2.24) is 9.97 Å². The van der Waals surface area contributed by atoms with Crippen LogP contribution in [0.15, 0.2) is 60.9 Å². The zero-order valence-corrected chi connectivity index (χ0v) is 21.4. The fraction of sp³-hybridized carbons (Fsp3) is 0.310. The van der Waals surface area contributed by atoms with Crippen molar-refractivity contribution in [2.24, 2.45) is 0 Å². The molecule has 0 spiro atoms. The highest BCUT2D eigenvalue weighted by Crippen LogP contribution is 2.41. The molecule has 0 amide bonds. The molecule has 3 aromatic carbocycles. The minimum Gasteiger partial charge on any atom is -0.235 e. The van der Waals surface area contributed by atoms with Crippen LogP contribution in [-0.4, -0.2) is 18.0 Å². The molecule has 1 aliphatic rings. The lowest BCUT2D eigenvalue weighted by Gasteiger charge is -2.21. The van der Waals surface area contributed by atoms with Crippen LogP contribution in [0.5, 0.6) is 0 Å². The van der Waals surface area contributed by atoms with Crippen molar-refractivity contribution in [3.05, 3.63) is 66.5 Å². The Labute approximate surface area is 202 Å². The molecule has 0 saturated heterocycles. The second-order valence-electron chi connectivity index (χ2n) is 10.4. The van der Waals surface area contributed by atoms with Gasteiger partial charge in [0.1, 0.15) is 6.33 Å². The molecule has 0 aliphatic heterocycles. The van der Waals surface area contributed by atoms with Gasteiger partial charge >= 0.3 is 0 Å². The highest BCUT2D eigenvalue weighted by atomic mass is 32.1. The molecule has 6 rings (SSSR count). The highest BCUT2D eigenvalue weighted by molar-refractivity contribution is 7.26. The number of hydrogen-bond donors (Lipinski definition) is 0. The maximum atomic E-state index is 9.09. The molecule has 0 bridgehead atoms. The molecule has 0 atom stereocenters. The van der Waals surface area contributed by atoms with Crippen molar-refractivity contribution in [3.8, 4) is 11.3 Å². The summed E-state index contributed by atoms with van der Waals surface area (Å²) in [5.41, 5.74) is 4.39. The van der Waals surface area contributed by atoms with Crippen LogP contribution in [0.25, 0.3) is 42.3 Å². The van der Waals surface area contributed by atoms with Crippen molar-refractivity contribution < 1.29 is 1.37 Å². The summed E-state index contributed by atoms with van der Waals surface area (Å²) < 4.78 is 11.5. The first-order valence-electron chi connectivity index (χ1n) is 12.5. The smallest absolute Gasteiger partial charge is 0.116 e. The lowest BCUT2D eigenvalue weighted by Crippen LogP contribution is -2.38. The number of fused-ring (bicyclic) bond motifs is 4. The molecular weight excluding hydrogens is 436 g/mol. The van der Waals surface area contributed by atoms with Gasteiger partial charge in [-0.05, 0) is 47.2 Å². The van der Waals surface area contributed by atoms with Gasteiger partial charge in [-0.2, -0.15) is 0 Å². The van der Waals surface area contributed by atoms with Crippen molar-refractivity contribution in [2.45, 2.75) is 57.6 Å². The monoisotopic (exact) mass is 467 g/mol. The molecule has 1 saturated carbocycles. The fourth-order valence-electron chi connectivity index (χ4n) is 5.34. The van der Waals surface area contributed by atoms with E-state index in [1.54, 1.807) is 17.7 Å². The van der Waals surface area contributed by atoms with Crippen LogP contribution in [0.3, 0.4) is 0 Å². The quantitative estimate of drug-likeness (QED) is 0.250. The standard InChI is InChI=1S/C29H30N2SSi/c1-33(2,3)26-17-22(15-21-11-7-8-12-23(21)26)27-29-28(31-18-30-27)24-14-13-20(16-25(24)32-29)19-9-5-4-6-10-19/h7-8,11-19H,4-6,9-10H2,1-3H3/i19D. The maximum absolute atomic E-state index is 9.09. The summed E-state index contributed by atoms with van der Waals surface area (Å²) in [4.78, 5) is 9.52. The zero-order chi connectivity index (χ0) is 23.5. The fourth-order valence-corrected chi connectivity index (χ4v) is 8.17. The van der Waals surface area contributed by atoms with Gasteiger partial charge in [-0.15, -0.1) is 11.3 Å². The minimum atomic E-state index is -1.56. The largest absolute Gasteiger partial charge is 0.235 e. The maximum Gasteiger partial charge on any atom is 0.116 e. The Morgan fingerprint density at radius 2 is 1.73 bits per heavy atom. The summed E-state index contributed by atoms with van der Waals surface area (Å²) in [7, 11) is -1.56. The Hall–Kier alpha value is -2.56. The molecule has 166 valence electrons. The Balaban J connectivity index is 1.56. The number of rotatable bonds is 3. The summed E-state index contributed by atoms with van der Waals surface area (Å²) in [6, 6.07) is 20.0. The molecule has 2 aromatic heterocycles. The molecular formula is C29H30N2SSi. The van der Waals surface area contributed by atoms with E-state index < -0.39 is 14.0 Å². The average molecular weight is 468 g/mol. The molecule has 0 N–H and O–H groups in total. The first-order valence-corrected chi connectivity index (χ1v) is 16.4. The second kappa shape index (κ2) is 8.03. The van der Waals surface area contributed by atoms with Crippen molar-refractivity contribution >= 4 is 55.7 Å². The number of aromatic nitrogens is 2. The molecule has 1 fully saturated rings. The first kappa shape index (κ1) is 19.9. The first-order chi connectivity index (χ1) is 16.3. The molecule has 2 heterocycles. The van der Waals surface area contributed by atoms with Crippen LogP contribution in [0.4, 0.5) is 0 Å². The number of thiophene rings is 1. The van der Waals surface area contributed by atoms with Crippen molar-refractivity contribution in [1.29, 1.82) is 0 Å². The minimum absolute atomic E-state index is 0.443. The lowest BCUT2D eigenvalue weighted by atomic mass is 9.84. The van der Waals surface area contributed by atoms with Crippen LogP contribution < -0.4 is 5.19 Å². The second-order valence-corrected chi connectivity index (χ2v) is 16.5. The topological polar surface area (TPSA) is 25.8 Å². The predicted octanol–water partition coefficient (Wildman–Crippen LogP) is 8.26. The van der Waals surface area contributed by atoms with Gasteiger partial charge in [-0.3, -0.25) is 0 Å². The predicted molar refractivity (Wildman–Crippen MR) is 147 cm³/mol. The van der Waals surface area contributed by atoms with Gasteiger partial charge in [0, 0.05) is 17.0 Å². The third kappa shape index (κ3) is 3.70. The van der Waals surface area contributed by atoms with E-state index in [2.05, 4.69) is 74.2 Å². The van der Waals surface area contributed by atoms with Crippen LogP contribution in [-0.2, 0) is 0 Å². The molecule has 4 heteroatoms. The SMILES string of the molecule is [2H]C1(c2ccc3c(c2)sc2c(-c4cc([Si](C)(C)C)c5ccccc5c4)ncnc23)CCCCC1. The molecule has 33 heavy (non-hydrogen) atoms. The molecule has 5 aromatic rings. The van der Waals surface area contributed by atoms with E-state index in [0.29, 0.717) is 0 Å². The summed E-state index contributed by atoms with van der Waals surface area (Å²) in [5, 5.41) is 5.30. The number of nitrogens with zero attached hydrogens (tertiary/aromatic N) is 2. The molecule has 0 unspecified atom stereocenters. The Morgan fingerprint density at radius 3 is 2.55 bits per heavy atom. The average Bonchev–Trinajstić information content (AvgIpc) is 3.21. The van der Waals surface area contributed by atoms with Gasteiger partial charge in [0.2, 0.25) is 0 Å². The number of hydrogen-bond acceptors (Lipinski definition) is 3. The van der Waals surface area contributed by atoms with E-state index >= 15 is 0 Å². The third-order valence-electron chi connectivity index (χ3n) is 7.06. The van der Waals surface area contributed by atoms with Gasteiger partial charge in [0.05, 0.1) is 24.0 Å². The Bertz CT molecular complexity index is 1540. The Morgan fingerprint density at radius 1 is 0.909 bits per heavy atom. The summed E-state index contributed by atoms with van der Waals surface area (Å²) in [6.45, 7) is 7.24. The molecule has 1 aliphatic carbocycles. The van der Waals surface area contributed by atoms with Crippen LogP contribution in [0.2, 0.25) is 19.6 Å². The van der Waals surface area contributed by atoms with Crippen LogP contribution in [0, 0.1) is 0 Å². The zero-order valence-electron chi connectivity index (χ0n) is 20.6. The van der Waals surface area contributed by atoms with Gasteiger partial charge in [0.25, 0.3) is 0 Å². The van der Waals surface area contributed by atoms with E-state index in [-0.39, 0.29) is 0 Å².